The first-order valence-corrected chi connectivity index (χ1v) is 11.0. The molecule has 0 aliphatic rings. The summed E-state index contributed by atoms with van der Waals surface area (Å²) in [6, 6.07) is 14.5. The van der Waals surface area contributed by atoms with Gasteiger partial charge in [0.25, 0.3) is 5.91 Å². The maximum atomic E-state index is 13.8. The molecule has 0 bridgehead atoms. The molecule has 0 aliphatic carbocycles. The predicted octanol–water partition coefficient (Wildman–Crippen LogP) is 5.84. The van der Waals surface area contributed by atoms with E-state index in [-0.39, 0.29) is 6.54 Å². The van der Waals surface area contributed by atoms with Crippen LogP contribution < -0.4 is 14.8 Å². The summed E-state index contributed by atoms with van der Waals surface area (Å²) in [5, 5.41) is 5.26. The van der Waals surface area contributed by atoms with E-state index in [1.165, 1.54) is 11.3 Å². The van der Waals surface area contributed by atoms with Gasteiger partial charge in [-0.25, -0.2) is 18.2 Å². The Balaban J connectivity index is 1.44. The topological polar surface area (TPSA) is 60.5 Å². The third-order valence-electron chi connectivity index (χ3n) is 5.12. The second-order valence-corrected chi connectivity index (χ2v) is 8.07. The van der Waals surface area contributed by atoms with Crippen LogP contribution in [0.25, 0.3) is 21.8 Å². The van der Waals surface area contributed by atoms with Gasteiger partial charge in [-0.2, -0.15) is 0 Å². The molecule has 0 spiro atoms. The summed E-state index contributed by atoms with van der Waals surface area (Å²) < 4.78 is 50.8. The van der Waals surface area contributed by atoms with E-state index < -0.39 is 28.9 Å². The van der Waals surface area contributed by atoms with Crippen LogP contribution in [0.4, 0.5) is 13.2 Å². The lowest BCUT2D eigenvalue weighted by Gasteiger charge is -2.08. The van der Waals surface area contributed by atoms with Crippen LogP contribution in [0.1, 0.15) is 15.9 Å². The summed E-state index contributed by atoms with van der Waals surface area (Å²) in [7, 11) is 3.15. The number of hydrogen-bond acceptors (Lipinski definition) is 5. The van der Waals surface area contributed by atoms with Crippen molar-refractivity contribution in [3.05, 3.63) is 88.6 Å². The van der Waals surface area contributed by atoms with Gasteiger partial charge in [-0.1, -0.05) is 24.3 Å². The van der Waals surface area contributed by atoms with Crippen molar-refractivity contribution in [2.75, 3.05) is 14.2 Å². The first kappa shape index (κ1) is 23.3. The van der Waals surface area contributed by atoms with Crippen molar-refractivity contribution in [2.45, 2.75) is 6.54 Å². The van der Waals surface area contributed by atoms with Crippen LogP contribution in [0.5, 0.6) is 11.5 Å². The van der Waals surface area contributed by atoms with Crippen molar-refractivity contribution in [3.8, 4) is 33.3 Å². The van der Waals surface area contributed by atoms with E-state index >= 15 is 0 Å². The number of benzene rings is 3. The first-order valence-electron chi connectivity index (χ1n) is 10.1. The minimum absolute atomic E-state index is 0.0896. The Kier molecular flexibility index (Phi) is 6.83. The van der Waals surface area contributed by atoms with Gasteiger partial charge in [-0.3, -0.25) is 4.79 Å². The van der Waals surface area contributed by atoms with E-state index in [2.05, 4.69) is 5.32 Å². The first-order chi connectivity index (χ1) is 16.4. The molecule has 0 radical (unpaired) electrons. The molecule has 1 heterocycles. The maximum absolute atomic E-state index is 13.8. The molecule has 3 aromatic carbocycles. The monoisotopic (exact) mass is 484 g/mol. The van der Waals surface area contributed by atoms with Crippen molar-refractivity contribution in [1.82, 2.24) is 10.3 Å². The number of nitrogens with zero attached hydrogens (tertiary/aromatic N) is 1. The van der Waals surface area contributed by atoms with Crippen molar-refractivity contribution in [3.63, 3.8) is 0 Å². The molecule has 174 valence electrons. The molecule has 9 heteroatoms. The van der Waals surface area contributed by atoms with E-state index in [9.17, 15) is 18.0 Å². The fourth-order valence-corrected chi connectivity index (χ4v) is 4.11. The van der Waals surface area contributed by atoms with Crippen molar-refractivity contribution in [2.24, 2.45) is 0 Å². The minimum Gasteiger partial charge on any atom is -0.493 e. The Morgan fingerprint density at radius 1 is 0.912 bits per heavy atom. The average molecular weight is 484 g/mol. The zero-order valence-corrected chi connectivity index (χ0v) is 19.0. The summed E-state index contributed by atoms with van der Waals surface area (Å²) >= 11 is 1.49. The highest BCUT2D eigenvalue weighted by Crippen LogP contribution is 2.34. The molecular formula is C25H19F3N2O3S. The largest absolute Gasteiger partial charge is 0.493 e. The van der Waals surface area contributed by atoms with Gasteiger partial charge in [0.05, 0.1) is 25.5 Å². The molecule has 4 rings (SSSR count). The van der Waals surface area contributed by atoms with E-state index in [4.69, 9.17) is 14.5 Å². The van der Waals surface area contributed by atoms with Gasteiger partial charge in [-0.05, 0) is 35.9 Å². The quantitative estimate of drug-likeness (QED) is 0.335. The molecule has 4 aromatic rings. The Morgan fingerprint density at radius 3 is 2.32 bits per heavy atom. The van der Waals surface area contributed by atoms with Gasteiger partial charge in [0.1, 0.15) is 5.01 Å². The number of amides is 1. The van der Waals surface area contributed by atoms with Crippen molar-refractivity contribution < 1.29 is 27.4 Å². The van der Waals surface area contributed by atoms with Crippen LogP contribution in [0.3, 0.4) is 0 Å². The third-order valence-corrected chi connectivity index (χ3v) is 6.01. The van der Waals surface area contributed by atoms with E-state index in [1.807, 2.05) is 35.7 Å². The number of methoxy groups -OCH3 is 2. The fraction of sp³-hybridized carbons (Fsp3) is 0.120. The van der Waals surface area contributed by atoms with Crippen molar-refractivity contribution >= 4 is 17.2 Å². The second kappa shape index (κ2) is 9.96. The predicted molar refractivity (Wildman–Crippen MR) is 124 cm³/mol. The van der Waals surface area contributed by atoms with Crippen molar-refractivity contribution in [1.29, 1.82) is 0 Å². The van der Waals surface area contributed by atoms with Crippen LogP contribution in [0.2, 0.25) is 0 Å². The Hall–Kier alpha value is -3.85. The number of carbonyl (C=O) groups excluding carboxylic acids is 1. The van der Waals surface area contributed by atoms with Gasteiger partial charge < -0.3 is 14.8 Å². The van der Waals surface area contributed by atoms with Gasteiger partial charge in [0.2, 0.25) is 0 Å². The zero-order valence-electron chi connectivity index (χ0n) is 18.2. The van der Waals surface area contributed by atoms with Gasteiger partial charge in [0.15, 0.2) is 29.0 Å². The molecule has 34 heavy (non-hydrogen) atoms. The van der Waals surface area contributed by atoms with Gasteiger partial charge in [0, 0.05) is 23.1 Å². The number of hydrogen-bond donors (Lipinski definition) is 1. The minimum atomic E-state index is -1.67. The standard InChI is InChI=1S/C25H19F3N2O3S/c1-32-20-10-7-16(11-21(20)33-2)19-13-34-25(30-19)15-5-3-14(4-6-15)12-29-24(31)17-8-9-18(26)23(28)22(17)27/h3-11,13H,12H2,1-2H3,(H,29,31). The van der Waals surface area contributed by atoms with E-state index in [0.717, 1.165) is 33.5 Å². The summed E-state index contributed by atoms with van der Waals surface area (Å²) in [5.74, 6) is -4.11. The fourth-order valence-electron chi connectivity index (χ4n) is 3.28. The van der Waals surface area contributed by atoms with E-state index in [1.54, 1.807) is 26.4 Å². The summed E-state index contributed by atoms with van der Waals surface area (Å²) in [4.78, 5) is 16.8. The summed E-state index contributed by atoms with van der Waals surface area (Å²) in [6.07, 6.45) is 0. The number of nitrogens with one attached hydrogen (secondary N) is 1. The number of aromatic nitrogens is 1. The molecule has 1 aromatic heterocycles. The number of thiazole rings is 1. The lowest BCUT2D eigenvalue weighted by Crippen LogP contribution is -2.24. The lowest BCUT2D eigenvalue weighted by atomic mass is 10.1. The lowest BCUT2D eigenvalue weighted by molar-refractivity contribution is 0.0945. The summed E-state index contributed by atoms with van der Waals surface area (Å²) in [5.41, 5.74) is 2.77. The Bertz CT molecular complexity index is 1340. The third kappa shape index (κ3) is 4.74. The molecule has 1 N–H and O–H groups in total. The van der Waals surface area contributed by atoms with Gasteiger partial charge >= 0.3 is 0 Å². The Morgan fingerprint density at radius 2 is 1.62 bits per heavy atom. The molecule has 5 nitrogen and oxygen atoms in total. The SMILES string of the molecule is COc1ccc(-c2csc(-c3ccc(CNC(=O)c4ccc(F)c(F)c4F)cc3)n2)cc1OC. The molecule has 0 unspecified atom stereocenters. The molecule has 0 aliphatic heterocycles. The normalized spacial score (nSPS) is 10.7. The molecule has 0 saturated carbocycles. The highest BCUT2D eigenvalue weighted by atomic mass is 32.1. The number of halogens is 3. The number of carbonyl (C=O) groups is 1. The van der Waals surface area contributed by atoms with Crippen LogP contribution in [-0.2, 0) is 6.54 Å². The number of rotatable bonds is 7. The molecule has 1 amide bonds. The smallest absolute Gasteiger partial charge is 0.254 e. The maximum Gasteiger partial charge on any atom is 0.254 e. The molecule has 0 fully saturated rings. The van der Waals surface area contributed by atoms with Gasteiger partial charge in [-0.15, -0.1) is 11.3 Å². The highest BCUT2D eigenvalue weighted by Gasteiger charge is 2.18. The second-order valence-electron chi connectivity index (χ2n) is 7.21. The van der Waals surface area contributed by atoms with Crippen LogP contribution >= 0.6 is 11.3 Å². The van der Waals surface area contributed by atoms with Crippen LogP contribution in [-0.4, -0.2) is 25.1 Å². The average Bonchev–Trinajstić information content (AvgIpc) is 3.36. The molecular weight excluding hydrogens is 465 g/mol. The molecule has 0 saturated heterocycles. The van der Waals surface area contributed by atoms with Crippen LogP contribution in [0, 0.1) is 17.5 Å². The number of ether oxygens (including phenoxy) is 2. The Labute approximate surface area is 197 Å². The van der Waals surface area contributed by atoms with Crippen LogP contribution in [0.15, 0.2) is 60.0 Å². The zero-order chi connectivity index (χ0) is 24.2. The summed E-state index contributed by atoms with van der Waals surface area (Å²) in [6.45, 7) is 0.0896. The van der Waals surface area contributed by atoms with E-state index in [0.29, 0.717) is 17.6 Å². The molecule has 0 atom stereocenters. The highest BCUT2D eigenvalue weighted by molar-refractivity contribution is 7.13.